The molecule has 1 unspecified atom stereocenters. The summed E-state index contributed by atoms with van der Waals surface area (Å²) in [6.45, 7) is 0. The molecule has 96 valence electrons. The summed E-state index contributed by atoms with van der Waals surface area (Å²) < 4.78 is 18.3. The highest BCUT2D eigenvalue weighted by molar-refractivity contribution is 7.10. The van der Waals surface area contributed by atoms with Crippen molar-refractivity contribution in [3.05, 3.63) is 50.9 Å². The molecular formula is C13H12ClFO2S. The normalized spacial score (nSPS) is 12.4. The third-order valence-electron chi connectivity index (χ3n) is 2.59. The topological polar surface area (TPSA) is 29.5 Å². The highest BCUT2D eigenvalue weighted by Crippen LogP contribution is 2.31. The second kappa shape index (κ2) is 5.69. The van der Waals surface area contributed by atoms with Crippen molar-refractivity contribution in [3.8, 4) is 5.75 Å². The Morgan fingerprint density at radius 1 is 1.44 bits per heavy atom. The smallest absolute Gasteiger partial charge is 0.165 e. The van der Waals surface area contributed by atoms with E-state index >= 15 is 0 Å². The molecule has 1 atom stereocenters. The Morgan fingerprint density at radius 3 is 2.78 bits per heavy atom. The van der Waals surface area contributed by atoms with Crippen LogP contribution in [0.1, 0.15) is 16.5 Å². The quantitative estimate of drug-likeness (QED) is 0.926. The average molecular weight is 287 g/mol. The first-order valence-electron chi connectivity index (χ1n) is 5.35. The molecule has 1 N–H and O–H groups in total. The van der Waals surface area contributed by atoms with Crippen molar-refractivity contribution in [1.82, 2.24) is 0 Å². The molecule has 0 radical (unpaired) electrons. The number of aliphatic hydroxyl groups excluding tert-OH is 1. The van der Waals surface area contributed by atoms with Gasteiger partial charge in [-0.25, -0.2) is 4.39 Å². The Labute approximate surface area is 114 Å². The van der Waals surface area contributed by atoms with E-state index in [1.54, 1.807) is 18.2 Å². The van der Waals surface area contributed by atoms with Crippen LogP contribution < -0.4 is 4.74 Å². The van der Waals surface area contributed by atoms with Gasteiger partial charge < -0.3 is 9.84 Å². The van der Waals surface area contributed by atoms with Crippen LogP contribution in [0.4, 0.5) is 4.39 Å². The van der Waals surface area contributed by atoms with Gasteiger partial charge in [-0.15, -0.1) is 11.3 Å². The fourth-order valence-corrected chi connectivity index (χ4v) is 2.87. The zero-order valence-corrected chi connectivity index (χ0v) is 11.3. The number of hydrogen-bond donors (Lipinski definition) is 1. The lowest BCUT2D eigenvalue weighted by atomic mass is 10.1. The van der Waals surface area contributed by atoms with Crippen molar-refractivity contribution < 1.29 is 14.2 Å². The summed E-state index contributed by atoms with van der Waals surface area (Å²) in [4.78, 5) is 0.702. The number of thiophene rings is 1. The summed E-state index contributed by atoms with van der Waals surface area (Å²) in [7, 11) is 1.42. The third kappa shape index (κ3) is 2.83. The highest BCUT2D eigenvalue weighted by atomic mass is 35.5. The summed E-state index contributed by atoms with van der Waals surface area (Å²) >= 11 is 7.32. The first-order chi connectivity index (χ1) is 8.61. The van der Waals surface area contributed by atoms with Gasteiger partial charge in [0.2, 0.25) is 0 Å². The molecule has 1 heterocycles. The number of ether oxygens (including phenoxy) is 1. The van der Waals surface area contributed by atoms with Crippen LogP contribution in [0.5, 0.6) is 5.75 Å². The summed E-state index contributed by atoms with van der Waals surface area (Å²) in [5.41, 5.74) is 0.699. The molecule has 0 amide bonds. The van der Waals surface area contributed by atoms with Gasteiger partial charge in [-0.1, -0.05) is 17.7 Å². The Hall–Kier alpha value is -1.10. The maximum absolute atomic E-state index is 13.5. The zero-order valence-electron chi connectivity index (χ0n) is 9.69. The van der Waals surface area contributed by atoms with Gasteiger partial charge in [-0.2, -0.15) is 0 Å². The standard InChI is InChI=1S/C13H12ClFO2S/c1-17-12-3-2-8(6-10(12)15)7-11(16)13-9(14)4-5-18-13/h2-6,11,16H,7H2,1H3. The minimum absolute atomic E-state index is 0.197. The molecular weight excluding hydrogens is 275 g/mol. The van der Waals surface area contributed by atoms with Gasteiger partial charge in [0.1, 0.15) is 0 Å². The van der Waals surface area contributed by atoms with E-state index in [1.165, 1.54) is 24.5 Å². The molecule has 0 aliphatic carbocycles. The maximum atomic E-state index is 13.5. The molecule has 0 saturated heterocycles. The molecule has 0 saturated carbocycles. The minimum Gasteiger partial charge on any atom is -0.494 e. The van der Waals surface area contributed by atoms with Crippen molar-refractivity contribution in [2.45, 2.75) is 12.5 Å². The number of hydrogen-bond acceptors (Lipinski definition) is 3. The predicted octanol–water partition coefficient (Wildman–Crippen LogP) is 3.83. The van der Waals surface area contributed by atoms with Gasteiger partial charge in [0.25, 0.3) is 0 Å². The molecule has 18 heavy (non-hydrogen) atoms. The molecule has 5 heteroatoms. The monoisotopic (exact) mass is 286 g/mol. The lowest BCUT2D eigenvalue weighted by Crippen LogP contribution is -2.01. The third-order valence-corrected chi connectivity index (χ3v) is 4.05. The number of halogens is 2. The lowest BCUT2D eigenvalue weighted by molar-refractivity contribution is 0.182. The number of aliphatic hydroxyl groups is 1. The van der Waals surface area contributed by atoms with Gasteiger partial charge in [-0.05, 0) is 29.1 Å². The van der Waals surface area contributed by atoms with E-state index in [0.717, 1.165) is 0 Å². The SMILES string of the molecule is COc1ccc(CC(O)c2sccc2Cl)cc1F. The van der Waals surface area contributed by atoms with Crippen LogP contribution in [-0.2, 0) is 6.42 Å². The molecule has 0 fully saturated rings. The van der Waals surface area contributed by atoms with Gasteiger partial charge >= 0.3 is 0 Å². The number of rotatable bonds is 4. The van der Waals surface area contributed by atoms with Gasteiger partial charge in [-0.3, -0.25) is 0 Å². The van der Waals surface area contributed by atoms with Crippen LogP contribution in [0.15, 0.2) is 29.6 Å². The van der Waals surface area contributed by atoms with Crippen molar-refractivity contribution in [1.29, 1.82) is 0 Å². The van der Waals surface area contributed by atoms with Gasteiger partial charge in [0, 0.05) is 6.42 Å². The Morgan fingerprint density at radius 2 is 2.22 bits per heavy atom. The summed E-state index contributed by atoms with van der Waals surface area (Å²) in [5.74, 6) is -0.234. The van der Waals surface area contributed by atoms with E-state index in [-0.39, 0.29) is 5.75 Å². The van der Waals surface area contributed by atoms with Crippen LogP contribution in [0.3, 0.4) is 0 Å². The second-order valence-corrected chi connectivity index (χ2v) is 5.18. The van der Waals surface area contributed by atoms with Crippen molar-refractivity contribution in [3.63, 3.8) is 0 Å². The molecule has 1 aromatic carbocycles. The number of methoxy groups -OCH3 is 1. The molecule has 2 aromatic rings. The fourth-order valence-electron chi connectivity index (χ4n) is 1.70. The summed E-state index contributed by atoms with van der Waals surface area (Å²) in [5, 5.41) is 12.4. The van der Waals surface area contributed by atoms with Crippen molar-refractivity contribution in [2.24, 2.45) is 0 Å². The van der Waals surface area contributed by atoms with E-state index < -0.39 is 11.9 Å². The largest absolute Gasteiger partial charge is 0.494 e. The summed E-state index contributed by atoms with van der Waals surface area (Å²) in [6.07, 6.45) is -0.397. The van der Waals surface area contributed by atoms with Crippen molar-refractivity contribution in [2.75, 3.05) is 7.11 Å². The van der Waals surface area contributed by atoms with Crippen LogP contribution in [0, 0.1) is 5.82 Å². The number of benzene rings is 1. The van der Waals surface area contributed by atoms with Crippen LogP contribution in [0.2, 0.25) is 5.02 Å². The average Bonchev–Trinajstić information content (AvgIpc) is 2.76. The lowest BCUT2D eigenvalue weighted by Gasteiger charge is -2.10. The molecule has 0 bridgehead atoms. The summed E-state index contributed by atoms with van der Waals surface area (Å²) in [6, 6.07) is 6.38. The molecule has 2 rings (SSSR count). The van der Waals surface area contributed by atoms with E-state index in [0.29, 0.717) is 21.9 Å². The van der Waals surface area contributed by atoms with Crippen molar-refractivity contribution >= 4 is 22.9 Å². The molecule has 0 aliphatic rings. The van der Waals surface area contributed by atoms with E-state index in [2.05, 4.69) is 0 Å². The molecule has 0 spiro atoms. The van der Waals surface area contributed by atoms with Gasteiger partial charge in [0.15, 0.2) is 11.6 Å². The Bertz CT molecular complexity index is 542. The fraction of sp³-hybridized carbons (Fsp3) is 0.231. The molecule has 2 nitrogen and oxygen atoms in total. The Balaban J connectivity index is 2.15. The first-order valence-corrected chi connectivity index (χ1v) is 6.61. The van der Waals surface area contributed by atoms with Crippen LogP contribution in [0.25, 0.3) is 0 Å². The van der Waals surface area contributed by atoms with E-state index in [4.69, 9.17) is 16.3 Å². The Kier molecular flexibility index (Phi) is 4.22. The molecule has 0 aliphatic heterocycles. The first kappa shape index (κ1) is 13.3. The zero-order chi connectivity index (χ0) is 13.1. The second-order valence-electron chi connectivity index (χ2n) is 3.82. The minimum atomic E-state index is -0.717. The maximum Gasteiger partial charge on any atom is 0.165 e. The van der Waals surface area contributed by atoms with E-state index in [1.807, 2.05) is 5.38 Å². The predicted molar refractivity (Wildman–Crippen MR) is 70.9 cm³/mol. The van der Waals surface area contributed by atoms with E-state index in [9.17, 15) is 9.50 Å². The highest BCUT2D eigenvalue weighted by Gasteiger charge is 2.14. The van der Waals surface area contributed by atoms with Crippen LogP contribution in [-0.4, -0.2) is 12.2 Å². The molecule has 1 aromatic heterocycles. The van der Waals surface area contributed by atoms with Gasteiger partial charge in [0.05, 0.1) is 23.1 Å². The van der Waals surface area contributed by atoms with Crippen LogP contribution >= 0.6 is 22.9 Å².